The van der Waals surface area contributed by atoms with Gasteiger partial charge < -0.3 is 5.11 Å². The first kappa shape index (κ1) is 19.4. The Morgan fingerprint density at radius 1 is 0.963 bits per heavy atom. The molecule has 0 unspecified atom stereocenters. The van der Waals surface area contributed by atoms with E-state index in [-0.39, 0.29) is 45.4 Å². The summed E-state index contributed by atoms with van der Waals surface area (Å²) in [7, 11) is 0. The van der Waals surface area contributed by atoms with Gasteiger partial charge in [-0.25, -0.2) is 0 Å². The SMILES string of the molecule is C[C@]12CCC3=CC(=O)CC[C@]3(C)[C@]1(C)CC[C@]1(C)[C@H](C(=O)CO)CC[C@]21C. The summed E-state index contributed by atoms with van der Waals surface area (Å²) in [6.45, 7) is 11.9. The Hall–Kier alpha value is -0.960. The van der Waals surface area contributed by atoms with E-state index in [1.54, 1.807) is 0 Å². The number of aliphatic hydroxyl groups is 1. The van der Waals surface area contributed by atoms with Crippen molar-refractivity contribution in [3.63, 3.8) is 0 Å². The van der Waals surface area contributed by atoms with Crippen LogP contribution in [0.15, 0.2) is 11.6 Å². The zero-order valence-corrected chi connectivity index (χ0v) is 17.8. The minimum atomic E-state index is -0.322. The van der Waals surface area contributed by atoms with Crippen molar-refractivity contribution in [2.75, 3.05) is 6.61 Å². The van der Waals surface area contributed by atoms with Gasteiger partial charge in [0.1, 0.15) is 6.61 Å². The van der Waals surface area contributed by atoms with E-state index >= 15 is 0 Å². The average molecular weight is 373 g/mol. The van der Waals surface area contributed by atoms with Crippen molar-refractivity contribution in [3.05, 3.63) is 11.6 Å². The van der Waals surface area contributed by atoms with Gasteiger partial charge in [-0.3, -0.25) is 9.59 Å². The molecule has 0 spiro atoms. The molecule has 3 saturated carbocycles. The van der Waals surface area contributed by atoms with Crippen LogP contribution in [0.25, 0.3) is 0 Å². The lowest BCUT2D eigenvalue weighted by molar-refractivity contribution is -0.226. The third-order valence-corrected chi connectivity index (χ3v) is 11.1. The number of Topliss-reactive ketones (excluding diaryl/α,β-unsaturated/α-hetero) is 1. The maximum Gasteiger partial charge on any atom is 0.161 e. The van der Waals surface area contributed by atoms with E-state index in [1.807, 2.05) is 6.08 Å². The highest BCUT2D eigenvalue weighted by molar-refractivity contribution is 5.91. The molecule has 3 heteroatoms. The predicted octanol–water partition coefficient (Wildman–Crippen LogP) is 4.87. The standard InChI is InChI=1S/C24H36O3/c1-20-9-7-17(26)14-16(20)6-10-24(5)22(3)11-8-18(19(27)15-25)21(22,2)12-13-23(20,24)4/h14,18,25H,6-13,15H2,1-5H3/t18-,20-,21+,22-,23-,24+/m0/s1. The van der Waals surface area contributed by atoms with Gasteiger partial charge in [0.05, 0.1) is 0 Å². The third-order valence-electron chi connectivity index (χ3n) is 11.1. The molecule has 0 amide bonds. The van der Waals surface area contributed by atoms with Gasteiger partial charge in [0.25, 0.3) is 0 Å². The maximum atomic E-state index is 12.6. The highest BCUT2D eigenvalue weighted by Gasteiger charge is 2.74. The summed E-state index contributed by atoms with van der Waals surface area (Å²) in [5.41, 5.74) is 1.77. The molecule has 1 N–H and O–H groups in total. The molecular formula is C24H36O3. The van der Waals surface area contributed by atoms with E-state index in [4.69, 9.17) is 0 Å². The molecule has 0 aliphatic heterocycles. The quantitative estimate of drug-likeness (QED) is 0.752. The van der Waals surface area contributed by atoms with E-state index in [9.17, 15) is 14.7 Å². The Morgan fingerprint density at radius 2 is 1.67 bits per heavy atom. The fourth-order valence-corrected chi connectivity index (χ4v) is 8.56. The highest BCUT2D eigenvalue weighted by Crippen LogP contribution is 2.81. The smallest absolute Gasteiger partial charge is 0.161 e. The average Bonchev–Trinajstić information content (AvgIpc) is 2.91. The summed E-state index contributed by atoms with van der Waals surface area (Å²) in [4.78, 5) is 24.7. The van der Waals surface area contributed by atoms with Gasteiger partial charge in [-0.15, -0.1) is 0 Å². The van der Waals surface area contributed by atoms with Crippen LogP contribution in [0.4, 0.5) is 0 Å². The van der Waals surface area contributed by atoms with Crippen LogP contribution in [0.5, 0.6) is 0 Å². The first-order chi connectivity index (χ1) is 12.5. The predicted molar refractivity (Wildman–Crippen MR) is 106 cm³/mol. The van der Waals surface area contributed by atoms with Gasteiger partial charge in [-0.2, -0.15) is 0 Å². The minimum Gasteiger partial charge on any atom is -0.389 e. The van der Waals surface area contributed by atoms with Gasteiger partial charge in [-0.05, 0) is 78.1 Å². The lowest BCUT2D eigenvalue weighted by atomic mass is 9.31. The van der Waals surface area contributed by atoms with E-state index in [1.165, 1.54) is 5.57 Å². The topological polar surface area (TPSA) is 54.4 Å². The molecule has 4 aliphatic carbocycles. The molecule has 0 aromatic rings. The van der Waals surface area contributed by atoms with Crippen molar-refractivity contribution in [1.82, 2.24) is 0 Å². The van der Waals surface area contributed by atoms with E-state index in [2.05, 4.69) is 34.6 Å². The van der Waals surface area contributed by atoms with Crippen LogP contribution in [-0.2, 0) is 9.59 Å². The number of fused-ring (bicyclic) bond motifs is 5. The molecule has 150 valence electrons. The zero-order chi connectivity index (χ0) is 19.9. The van der Waals surface area contributed by atoms with Crippen molar-refractivity contribution >= 4 is 11.6 Å². The van der Waals surface area contributed by atoms with Crippen LogP contribution in [0.3, 0.4) is 0 Å². The van der Waals surface area contributed by atoms with Crippen molar-refractivity contribution < 1.29 is 14.7 Å². The third kappa shape index (κ3) is 1.97. The van der Waals surface area contributed by atoms with Crippen LogP contribution in [0.1, 0.15) is 86.0 Å². The molecule has 0 heterocycles. The van der Waals surface area contributed by atoms with Gasteiger partial charge in [0, 0.05) is 12.3 Å². The van der Waals surface area contributed by atoms with Crippen LogP contribution >= 0.6 is 0 Å². The number of allylic oxidation sites excluding steroid dienone is 1. The Labute approximate surface area is 164 Å². The fraction of sp³-hybridized carbons (Fsp3) is 0.833. The number of ketones is 2. The Kier molecular flexibility index (Phi) is 3.98. The molecule has 0 aromatic carbocycles. The number of carbonyl (C=O) groups excluding carboxylic acids is 2. The van der Waals surface area contributed by atoms with E-state index in [0.717, 1.165) is 44.9 Å². The van der Waals surface area contributed by atoms with Gasteiger partial charge in [-0.1, -0.05) is 40.2 Å². The Morgan fingerprint density at radius 3 is 2.33 bits per heavy atom. The highest BCUT2D eigenvalue weighted by atomic mass is 16.3. The molecule has 0 bridgehead atoms. The van der Waals surface area contributed by atoms with Crippen molar-refractivity contribution in [3.8, 4) is 0 Å². The second kappa shape index (κ2) is 5.55. The van der Waals surface area contributed by atoms with Gasteiger partial charge in [0.15, 0.2) is 11.6 Å². The second-order valence-corrected chi connectivity index (χ2v) is 11.1. The van der Waals surface area contributed by atoms with Gasteiger partial charge in [0.2, 0.25) is 0 Å². The molecule has 0 radical (unpaired) electrons. The summed E-state index contributed by atoms with van der Waals surface area (Å²) in [5, 5.41) is 9.56. The second-order valence-electron chi connectivity index (χ2n) is 11.1. The van der Waals surface area contributed by atoms with Crippen molar-refractivity contribution in [1.29, 1.82) is 0 Å². The summed E-state index contributed by atoms with van der Waals surface area (Å²) in [5.74, 6) is 0.335. The van der Waals surface area contributed by atoms with Crippen molar-refractivity contribution in [2.45, 2.75) is 86.0 Å². The molecule has 0 saturated heterocycles. The summed E-state index contributed by atoms with van der Waals surface area (Å²) in [6.07, 6.45) is 9.85. The summed E-state index contributed by atoms with van der Waals surface area (Å²) >= 11 is 0. The molecule has 3 fully saturated rings. The Balaban J connectivity index is 1.84. The largest absolute Gasteiger partial charge is 0.389 e. The number of carbonyl (C=O) groups is 2. The monoisotopic (exact) mass is 372 g/mol. The zero-order valence-electron chi connectivity index (χ0n) is 17.8. The molecule has 3 nitrogen and oxygen atoms in total. The van der Waals surface area contributed by atoms with Gasteiger partial charge >= 0.3 is 0 Å². The minimum absolute atomic E-state index is 0.00782. The number of aliphatic hydroxyl groups excluding tert-OH is 1. The Bertz CT molecular complexity index is 738. The molecular weight excluding hydrogens is 336 g/mol. The van der Waals surface area contributed by atoms with E-state index < -0.39 is 0 Å². The maximum absolute atomic E-state index is 12.6. The summed E-state index contributed by atoms with van der Waals surface area (Å²) in [6, 6.07) is 0. The van der Waals surface area contributed by atoms with Crippen LogP contribution in [0.2, 0.25) is 0 Å². The van der Waals surface area contributed by atoms with Crippen LogP contribution in [-0.4, -0.2) is 23.3 Å². The first-order valence-electron chi connectivity index (χ1n) is 10.9. The molecule has 0 aromatic heterocycles. The van der Waals surface area contributed by atoms with Crippen LogP contribution in [0, 0.1) is 33.0 Å². The van der Waals surface area contributed by atoms with Crippen molar-refractivity contribution in [2.24, 2.45) is 33.0 Å². The number of rotatable bonds is 2. The molecule has 4 rings (SSSR count). The lowest BCUT2D eigenvalue weighted by Gasteiger charge is -2.73. The fourth-order valence-electron chi connectivity index (χ4n) is 8.56. The lowest BCUT2D eigenvalue weighted by Crippen LogP contribution is -2.66. The van der Waals surface area contributed by atoms with E-state index in [0.29, 0.717) is 12.2 Å². The summed E-state index contributed by atoms with van der Waals surface area (Å²) < 4.78 is 0. The number of hydrogen-bond donors (Lipinski definition) is 1. The van der Waals surface area contributed by atoms with Crippen LogP contribution < -0.4 is 0 Å². The number of hydrogen-bond acceptors (Lipinski definition) is 3. The molecule has 27 heavy (non-hydrogen) atoms. The first-order valence-corrected chi connectivity index (χ1v) is 10.9. The molecule has 6 atom stereocenters. The normalized spacial score (nSPS) is 51.9. The molecule has 4 aliphatic rings.